The van der Waals surface area contributed by atoms with Crippen molar-refractivity contribution in [3.8, 4) is 11.4 Å². The first-order chi connectivity index (χ1) is 13.7. The number of nitrogens with one attached hydrogen (secondary N) is 1. The number of carbonyl (C=O) groups excluding carboxylic acids is 1. The first-order valence-corrected chi connectivity index (χ1v) is 10.4. The smallest absolute Gasteiger partial charge is 0.272 e. The highest BCUT2D eigenvalue weighted by atomic mass is 16.2. The predicted molar refractivity (Wildman–Crippen MR) is 107 cm³/mol. The van der Waals surface area contributed by atoms with E-state index in [1.165, 1.54) is 19.3 Å². The fraction of sp³-hybridized carbons (Fsp3) is 0.435. The van der Waals surface area contributed by atoms with Gasteiger partial charge >= 0.3 is 0 Å². The molecule has 5 nitrogen and oxygen atoms in total. The molecule has 0 spiro atoms. The minimum atomic E-state index is -0.0223. The van der Waals surface area contributed by atoms with Gasteiger partial charge < -0.3 is 5.32 Å². The number of pyridine rings is 2. The van der Waals surface area contributed by atoms with Crippen molar-refractivity contribution in [2.24, 2.45) is 17.8 Å². The van der Waals surface area contributed by atoms with Crippen LogP contribution in [-0.4, -0.2) is 25.8 Å². The topological polar surface area (TPSA) is 59.3 Å². The molecule has 0 atom stereocenters. The van der Waals surface area contributed by atoms with E-state index in [1.807, 2.05) is 40.9 Å². The lowest BCUT2D eigenvalue weighted by Gasteiger charge is -2.56. The molecule has 0 aromatic carbocycles. The van der Waals surface area contributed by atoms with Gasteiger partial charge in [-0.05, 0) is 80.5 Å². The van der Waals surface area contributed by atoms with Crippen LogP contribution in [0, 0.1) is 17.8 Å². The second kappa shape index (κ2) is 5.90. The van der Waals surface area contributed by atoms with E-state index in [9.17, 15) is 4.79 Å². The lowest BCUT2D eigenvalue weighted by atomic mass is 9.53. The first-order valence-electron chi connectivity index (χ1n) is 10.4. The van der Waals surface area contributed by atoms with Crippen molar-refractivity contribution in [3.05, 3.63) is 54.6 Å². The SMILES string of the molecule is O=C(NC12CC3CC(CC(C3)C1)C2)c1nc(-c2ccncc2)n2ccccc12. The van der Waals surface area contributed by atoms with Crippen molar-refractivity contribution in [1.82, 2.24) is 19.7 Å². The predicted octanol–water partition coefficient (Wildman–Crippen LogP) is 4.09. The molecule has 3 aromatic heterocycles. The van der Waals surface area contributed by atoms with E-state index >= 15 is 0 Å². The van der Waals surface area contributed by atoms with Gasteiger partial charge in [-0.3, -0.25) is 14.2 Å². The Morgan fingerprint density at radius 2 is 1.68 bits per heavy atom. The van der Waals surface area contributed by atoms with Crippen LogP contribution in [0.4, 0.5) is 0 Å². The zero-order chi connectivity index (χ0) is 18.7. The summed E-state index contributed by atoms with van der Waals surface area (Å²) in [5.74, 6) is 3.17. The summed E-state index contributed by atoms with van der Waals surface area (Å²) >= 11 is 0. The Kier molecular flexibility index (Phi) is 3.43. The Bertz CT molecular complexity index is 1020. The number of imidazole rings is 1. The molecule has 3 aromatic rings. The van der Waals surface area contributed by atoms with Crippen molar-refractivity contribution in [1.29, 1.82) is 0 Å². The van der Waals surface area contributed by atoms with Gasteiger partial charge in [0.15, 0.2) is 5.69 Å². The number of carbonyl (C=O) groups is 1. The second-order valence-electron chi connectivity index (χ2n) is 9.13. The molecule has 1 N–H and O–H groups in total. The van der Waals surface area contributed by atoms with Crippen LogP contribution in [0.3, 0.4) is 0 Å². The van der Waals surface area contributed by atoms with Gasteiger partial charge in [0.2, 0.25) is 0 Å². The zero-order valence-corrected chi connectivity index (χ0v) is 15.8. The Hall–Kier alpha value is -2.69. The summed E-state index contributed by atoms with van der Waals surface area (Å²) in [6, 6.07) is 9.78. The molecule has 1 amide bonds. The number of amides is 1. The number of fused-ring (bicyclic) bond motifs is 1. The van der Waals surface area contributed by atoms with E-state index in [0.717, 1.165) is 53.9 Å². The molecule has 142 valence electrons. The van der Waals surface area contributed by atoms with Crippen molar-refractivity contribution in [3.63, 3.8) is 0 Å². The van der Waals surface area contributed by atoms with Gasteiger partial charge in [-0.1, -0.05) is 6.07 Å². The van der Waals surface area contributed by atoms with E-state index < -0.39 is 0 Å². The standard InChI is InChI=1S/C23H24N4O/c28-22(26-23-12-15-9-16(13-23)11-17(10-15)14-23)20-19-3-1-2-8-27(19)21(25-20)18-4-6-24-7-5-18/h1-8,15-17H,9-14H2,(H,26,28). The van der Waals surface area contributed by atoms with Crippen molar-refractivity contribution >= 4 is 11.4 Å². The van der Waals surface area contributed by atoms with Crippen LogP contribution >= 0.6 is 0 Å². The largest absolute Gasteiger partial charge is 0.345 e. The van der Waals surface area contributed by atoms with Gasteiger partial charge in [0.25, 0.3) is 5.91 Å². The Morgan fingerprint density at radius 1 is 1.00 bits per heavy atom. The van der Waals surface area contributed by atoms with E-state index in [1.54, 1.807) is 12.4 Å². The molecular formula is C23H24N4O. The maximum absolute atomic E-state index is 13.4. The molecule has 7 rings (SSSR count). The summed E-state index contributed by atoms with van der Waals surface area (Å²) in [5, 5.41) is 3.47. The maximum atomic E-state index is 13.4. The summed E-state index contributed by atoms with van der Waals surface area (Å²) in [6.45, 7) is 0. The summed E-state index contributed by atoms with van der Waals surface area (Å²) in [7, 11) is 0. The maximum Gasteiger partial charge on any atom is 0.272 e. The lowest BCUT2D eigenvalue weighted by Crippen LogP contribution is -2.59. The number of rotatable bonds is 3. The van der Waals surface area contributed by atoms with Gasteiger partial charge in [-0.15, -0.1) is 0 Å². The molecular weight excluding hydrogens is 348 g/mol. The number of hydrogen-bond donors (Lipinski definition) is 1. The lowest BCUT2D eigenvalue weighted by molar-refractivity contribution is -0.0167. The first kappa shape index (κ1) is 16.3. The number of aromatic nitrogens is 3. The highest BCUT2D eigenvalue weighted by molar-refractivity contribution is 6.00. The van der Waals surface area contributed by atoms with Crippen molar-refractivity contribution in [2.75, 3.05) is 0 Å². The fourth-order valence-corrected chi connectivity index (χ4v) is 6.47. The molecule has 0 saturated heterocycles. The molecule has 4 fully saturated rings. The van der Waals surface area contributed by atoms with E-state index in [0.29, 0.717) is 5.69 Å². The summed E-state index contributed by atoms with van der Waals surface area (Å²) in [6.07, 6.45) is 13.0. The van der Waals surface area contributed by atoms with E-state index in [2.05, 4.69) is 10.3 Å². The van der Waals surface area contributed by atoms with E-state index in [-0.39, 0.29) is 11.4 Å². The van der Waals surface area contributed by atoms with Crippen LogP contribution in [0.25, 0.3) is 16.9 Å². The average molecular weight is 372 g/mol. The van der Waals surface area contributed by atoms with E-state index in [4.69, 9.17) is 4.98 Å². The molecule has 4 aliphatic rings. The molecule has 0 aliphatic heterocycles. The second-order valence-corrected chi connectivity index (χ2v) is 9.13. The van der Waals surface area contributed by atoms with Crippen LogP contribution in [0.5, 0.6) is 0 Å². The summed E-state index contributed by atoms with van der Waals surface area (Å²) in [5.41, 5.74) is 2.35. The Labute approximate surface area is 164 Å². The van der Waals surface area contributed by atoms with Crippen LogP contribution in [0.2, 0.25) is 0 Å². The molecule has 5 heteroatoms. The monoisotopic (exact) mass is 372 g/mol. The van der Waals surface area contributed by atoms with Gasteiger partial charge in [0.05, 0.1) is 5.52 Å². The zero-order valence-electron chi connectivity index (χ0n) is 15.8. The third kappa shape index (κ3) is 2.49. The van der Waals surface area contributed by atoms with Crippen LogP contribution in [-0.2, 0) is 0 Å². The highest BCUT2D eigenvalue weighted by Crippen LogP contribution is 2.55. The average Bonchev–Trinajstić information content (AvgIpc) is 3.07. The number of nitrogens with zero attached hydrogens (tertiary/aromatic N) is 3. The molecule has 4 bridgehead atoms. The van der Waals surface area contributed by atoms with Crippen molar-refractivity contribution in [2.45, 2.75) is 44.1 Å². The van der Waals surface area contributed by atoms with Gasteiger partial charge in [0.1, 0.15) is 5.82 Å². The summed E-state index contributed by atoms with van der Waals surface area (Å²) < 4.78 is 2.00. The van der Waals surface area contributed by atoms with Gasteiger partial charge in [-0.25, -0.2) is 4.98 Å². The fourth-order valence-electron chi connectivity index (χ4n) is 6.47. The molecule has 0 unspecified atom stereocenters. The minimum Gasteiger partial charge on any atom is -0.345 e. The number of hydrogen-bond acceptors (Lipinski definition) is 3. The van der Waals surface area contributed by atoms with Crippen LogP contribution in [0.1, 0.15) is 49.0 Å². The van der Waals surface area contributed by atoms with Gasteiger partial charge in [0, 0.05) is 29.7 Å². The quantitative estimate of drug-likeness (QED) is 0.753. The molecule has 4 saturated carbocycles. The highest BCUT2D eigenvalue weighted by Gasteiger charge is 2.51. The Balaban J connectivity index is 1.38. The normalized spacial score (nSPS) is 30.6. The molecule has 0 radical (unpaired) electrons. The third-order valence-corrected chi connectivity index (χ3v) is 7.12. The molecule has 28 heavy (non-hydrogen) atoms. The van der Waals surface area contributed by atoms with Crippen LogP contribution < -0.4 is 5.32 Å². The Morgan fingerprint density at radius 3 is 2.36 bits per heavy atom. The van der Waals surface area contributed by atoms with Gasteiger partial charge in [-0.2, -0.15) is 0 Å². The van der Waals surface area contributed by atoms with Crippen molar-refractivity contribution < 1.29 is 4.79 Å². The molecule has 4 aliphatic carbocycles. The van der Waals surface area contributed by atoms with Crippen LogP contribution in [0.15, 0.2) is 48.9 Å². The molecule has 3 heterocycles. The summed E-state index contributed by atoms with van der Waals surface area (Å²) in [4.78, 5) is 22.3. The minimum absolute atomic E-state index is 0.00656. The third-order valence-electron chi connectivity index (χ3n) is 7.12.